The number of aryl methyl sites for hydroxylation is 1. The summed E-state index contributed by atoms with van der Waals surface area (Å²) in [4.78, 5) is 16.5. The first kappa shape index (κ1) is 18.7. The van der Waals surface area contributed by atoms with Crippen LogP contribution < -0.4 is 15.4 Å². The van der Waals surface area contributed by atoms with Crippen molar-refractivity contribution < 1.29 is 9.53 Å². The van der Waals surface area contributed by atoms with Crippen molar-refractivity contribution in [3.05, 3.63) is 90.3 Å². The van der Waals surface area contributed by atoms with Crippen LogP contribution in [0.4, 0.5) is 11.5 Å². The highest BCUT2D eigenvalue weighted by Gasteiger charge is 2.10. The number of hydrogen-bond donors (Lipinski definition) is 2. The molecule has 6 heteroatoms. The maximum atomic E-state index is 12.3. The van der Waals surface area contributed by atoms with Crippen LogP contribution in [0.2, 0.25) is 0 Å². The van der Waals surface area contributed by atoms with Gasteiger partial charge in [-0.1, -0.05) is 24.3 Å². The number of para-hydroxylation sites is 1. The fraction of sp³-hybridized carbons (Fsp3) is 0.0455. The molecule has 1 heterocycles. The van der Waals surface area contributed by atoms with E-state index >= 15 is 0 Å². The number of benzene rings is 2. The molecule has 0 radical (unpaired) electrons. The summed E-state index contributed by atoms with van der Waals surface area (Å²) < 4.78 is 5.71. The fourth-order valence-corrected chi connectivity index (χ4v) is 2.36. The van der Waals surface area contributed by atoms with Gasteiger partial charge < -0.3 is 15.4 Å². The minimum atomic E-state index is -0.514. The van der Waals surface area contributed by atoms with Gasteiger partial charge in [0, 0.05) is 18.1 Å². The van der Waals surface area contributed by atoms with Crippen LogP contribution in [0.5, 0.6) is 11.5 Å². The molecule has 0 bridgehead atoms. The number of nitrogens with zero attached hydrogens (tertiary/aromatic N) is 2. The Morgan fingerprint density at radius 1 is 1.04 bits per heavy atom. The average molecular weight is 370 g/mol. The van der Waals surface area contributed by atoms with Gasteiger partial charge in [0.25, 0.3) is 5.91 Å². The SMILES string of the molecule is Cc1cccnc1N/C=C(/C#N)C(=O)Nc1ccc(Oc2ccccc2)cc1. The zero-order valence-corrected chi connectivity index (χ0v) is 15.2. The highest BCUT2D eigenvalue weighted by atomic mass is 16.5. The van der Waals surface area contributed by atoms with Crippen LogP contribution in [-0.2, 0) is 4.79 Å². The van der Waals surface area contributed by atoms with Crippen LogP contribution in [-0.4, -0.2) is 10.9 Å². The summed E-state index contributed by atoms with van der Waals surface area (Å²) in [5.74, 6) is 1.45. The van der Waals surface area contributed by atoms with Gasteiger partial charge in [-0.05, 0) is 55.0 Å². The molecule has 0 saturated carbocycles. The van der Waals surface area contributed by atoms with Gasteiger partial charge in [-0.15, -0.1) is 0 Å². The molecule has 1 aromatic heterocycles. The second kappa shape index (κ2) is 9.01. The van der Waals surface area contributed by atoms with Gasteiger partial charge in [0.05, 0.1) is 0 Å². The highest BCUT2D eigenvalue weighted by Crippen LogP contribution is 2.22. The summed E-state index contributed by atoms with van der Waals surface area (Å²) in [5.41, 5.74) is 1.40. The molecule has 0 fully saturated rings. The summed E-state index contributed by atoms with van der Waals surface area (Å²) >= 11 is 0. The minimum Gasteiger partial charge on any atom is -0.457 e. The summed E-state index contributed by atoms with van der Waals surface area (Å²) in [6, 6.07) is 21.9. The molecular weight excluding hydrogens is 352 g/mol. The predicted octanol–water partition coefficient (Wildman–Crippen LogP) is 4.64. The van der Waals surface area contributed by atoms with Crippen molar-refractivity contribution in [2.24, 2.45) is 0 Å². The summed E-state index contributed by atoms with van der Waals surface area (Å²) in [6.07, 6.45) is 2.98. The Hall–Kier alpha value is -4.11. The van der Waals surface area contributed by atoms with E-state index in [2.05, 4.69) is 15.6 Å². The number of aromatic nitrogens is 1. The zero-order valence-electron chi connectivity index (χ0n) is 15.2. The highest BCUT2D eigenvalue weighted by molar-refractivity contribution is 6.06. The topological polar surface area (TPSA) is 87.0 Å². The molecule has 0 aliphatic heterocycles. The van der Waals surface area contributed by atoms with Crippen LogP contribution in [0.15, 0.2) is 84.7 Å². The van der Waals surface area contributed by atoms with E-state index in [1.54, 1.807) is 30.5 Å². The third-order valence-electron chi connectivity index (χ3n) is 3.82. The molecule has 0 saturated heterocycles. The normalized spacial score (nSPS) is 10.6. The zero-order chi connectivity index (χ0) is 19.8. The van der Waals surface area contributed by atoms with Crippen molar-refractivity contribution in [2.75, 3.05) is 10.6 Å². The lowest BCUT2D eigenvalue weighted by atomic mass is 10.2. The van der Waals surface area contributed by atoms with Crippen LogP contribution in [0.3, 0.4) is 0 Å². The van der Waals surface area contributed by atoms with E-state index in [4.69, 9.17) is 4.74 Å². The van der Waals surface area contributed by atoms with E-state index in [1.165, 1.54) is 6.20 Å². The number of carbonyl (C=O) groups is 1. The number of pyridine rings is 1. The van der Waals surface area contributed by atoms with Crippen molar-refractivity contribution in [3.8, 4) is 17.6 Å². The molecule has 3 aromatic rings. The van der Waals surface area contributed by atoms with E-state index in [1.807, 2.05) is 55.5 Å². The van der Waals surface area contributed by atoms with E-state index in [-0.39, 0.29) is 5.57 Å². The molecule has 0 unspecified atom stereocenters. The Morgan fingerprint density at radius 2 is 1.75 bits per heavy atom. The number of amides is 1. The molecule has 1 amide bonds. The van der Waals surface area contributed by atoms with Crippen LogP contribution in [0.1, 0.15) is 5.56 Å². The predicted molar refractivity (Wildman–Crippen MR) is 108 cm³/mol. The van der Waals surface area contributed by atoms with E-state index < -0.39 is 5.91 Å². The monoisotopic (exact) mass is 370 g/mol. The lowest BCUT2D eigenvalue weighted by Gasteiger charge is -2.08. The van der Waals surface area contributed by atoms with E-state index in [0.29, 0.717) is 17.3 Å². The molecule has 0 atom stereocenters. The van der Waals surface area contributed by atoms with Crippen molar-refractivity contribution >= 4 is 17.4 Å². The van der Waals surface area contributed by atoms with Gasteiger partial charge in [-0.25, -0.2) is 4.98 Å². The molecule has 0 aliphatic carbocycles. The van der Waals surface area contributed by atoms with Crippen molar-refractivity contribution in [2.45, 2.75) is 6.92 Å². The van der Waals surface area contributed by atoms with Gasteiger partial charge in [0.1, 0.15) is 29.0 Å². The first-order valence-corrected chi connectivity index (χ1v) is 8.58. The molecule has 2 aromatic carbocycles. The summed E-state index contributed by atoms with van der Waals surface area (Å²) in [6.45, 7) is 1.88. The standard InChI is InChI=1S/C22H18N4O2/c1-16-6-5-13-24-21(16)25-15-17(14-23)22(27)26-18-9-11-20(12-10-18)28-19-7-3-2-4-8-19/h2-13,15H,1H3,(H,24,25)(H,26,27)/b17-15-. The van der Waals surface area contributed by atoms with Gasteiger partial charge in [0.15, 0.2) is 0 Å². The molecule has 0 spiro atoms. The average Bonchev–Trinajstić information content (AvgIpc) is 2.72. The lowest BCUT2D eigenvalue weighted by molar-refractivity contribution is -0.112. The lowest BCUT2D eigenvalue weighted by Crippen LogP contribution is -2.14. The number of anilines is 2. The van der Waals surface area contributed by atoms with Crippen LogP contribution in [0.25, 0.3) is 0 Å². The summed E-state index contributed by atoms with van der Waals surface area (Å²) in [5, 5.41) is 14.9. The van der Waals surface area contributed by atoms with Crippen LogP contribution >= 0.6 is 0 Å². The smallest absolute Gasteiger partial charge is 0.267 e. The minimum absolute atomic E-state index is 0.0605. The van der Waals surface area contributed by atoms with Gasteiger partial charge in [-0.3, -0.25) is 4.79 Å². The number of hydrogen-bond acceptors (Lipinski definition) is 5. The molecular formula is C22H18N4O2. The second-order valence-corrected chi connectivity index (χ2v) is 5.88. The maximum Gasteiger partial charge on any atom is 0.267 e. The van der Waals surface area contributed by atoms with Crippen molar-refractivity contribution in [3.63, 3.8) is 0 Å². The van der Waals surface area contributed by atoms with Crippen LogP contribution in [0, 0.1) is 18.3 Å². The third-order valence-corrected chi connectivity index (χ3v) is 3.82. The molecule has 2 N–H and O–H groups in total. The maximum absolute atomic E-state index is 12.3. The first-order valence-electron chi connectivity index (χ1n) is 8.58. The molecule has 138 valence electrons. The fourth-order valence-electron chi connectivity index (χ4n) is 2.36. The Balaban J connectivity index is 1.63. The van der Waals surface area contributed by atoms with Gasteiger partial charge in [0.2, 0.25) is 0 Å². The quantitative estimate of drug-likeness (QED) is 0.487. The number of carbonyl (C=O) groups excluding carboxylic acids is 1. The number of rotatable bonds is 6. The Bertz CT molecular complexity index is 1020. The third kappa shape index (κ3) is 4.96. The Morgan fingerprint density at radius 3 is 2.43 bits per heavy atom. The Labute approximate surface area is 163 Å². The van der Waals surface area contributed by atoms with E-state index in [0.717, 1.165) is 11.3 Å². The van der Waals surface area contributed by atoms with Gasteiger partial charge in [-0.2, -0.15) is 5.26 Å². The van der Waals surface area contributed by atoms with E-state index in [9.17, 15) is 10.1 Å². The number of nitrogens with one attached hydrogen (secondary N) is 2. The van der Waals surface area contributed by atoms with Gasteiger partial charge >= 0.3 is 0 Å². The number of nitriles is 1. The second-order valence-electron chi connectivity index (χ2n) is 5.88. The number of ether oxygens (including phenoxy) is 1. The summed E-state index contributed by atoms with van der Waals surface area (Å²) in [7, 11) is 0. The van der Waals surface area contributed by atoms with Crippen molar-refractivity contribution in [1.82, 2.24) is 4.98 Å². The first-order chi connectivity index (χ1) is 13.7. The molecule has 28 heavy (non-hydrogen) atoms. The van der Waals surface area contributed by atoms with Crippen molar-refractivity contribution in [1.29, 1.82) is 5.26 Å². The molecule has 3 rings (SSSR count). The molecule has 6 nitrogen and oxygen atoms in total. The Kier molecular flexibility index (Phi) is 6.01. The molecule has 0 aliphatic rings. The largest absolute Gasteiger partial charge is 0.457 e.